The summed E-state index contributed by atoms with van der Waals surface area (Å²) >= 11 is 0. The molecule has 3 heteroatoms. The first kappa shape index (κ1) is 13.6. The van der Waals surface area contributed by atoms with E-state index in [0.717, 1.165) is 37.4 Å². The molecule has 0 unspecified atom stereocenters. The van der Waals surface area contributed by atoms with Crippen molar-refractivity contribution in [3.05, 3.63) is 59.9 Å². The molecule has 0 saturated heterocycles. The summed E-state index contributed by atoms with van der Waals surface area (Å²) in [5.41, 5.74) is 9.20. The normalized spacial score (nSPS) is 10.8. The van der Waals surface area contributed by atoms with Gasteiger partial charge in [0.15, 0.2) is 0 Å². The second-order valence-corrected chi connectivity index (χ2v) is 4.64. The van der Waals surface area contributed by atoms with Crippen LogP contribution in [-0.4, -0.2) is 23.0 Å². The van der Waals surface area contributed by atoms with E-state index in [0.29, 0.717) is 0 Å². The van der Waals surface area contributed by atoms with Gasteiger partial charge in [0.25, 0.3) is 0 Å². The van der Waals surface area contributed by atoms with Gasteiger partial charge in [0, 0.05) is 25.0 Å². The van der Waals surface area contributed by atoms with Crippen molar-refractivity contribution in [3.8, 4) is 0 Å². The summed E-state index contributed by atoms with van der Waals surface area (Å²) in [6.07, 6.45) is 2.83. The average molecular weight is 255 g/mol. The zero-order valence-electron chi connectivity index (χ0n) is 11.4. The van der Waals surface area contributed by atoms with E-state index in [1.807, 2.05) is 36.5 Å². The number of hydrogen-bond acceptors (Lipinski definition) is 3. The van der Waals surface area contributed by atoms with Crippen molar-refractivity contribution in [1.29, 1.82) is 0 Å². The minimum absolute atomic E-state index is 0.886. The molecule has 0 fully saturated rings. The molecule has 0 saturated carbocycles. The standard InChI is InChI=1S/C16H21N3/c1-2-19(13-15-8-5-6-11-18-15)12-10-14-7-3-4-9-16(14)17/h3-9,11H,2,10,12-13,17H2,1H3. The lowest BCUT2D eigenvalue weighted by molar-refractivity contribution is 0.280. The SMILES string of the molecule is CCN(CCc1ccccc1N)Cc1ccccn1. The Morgan fingerprint density at radius 3 is 2.58 bits per heavy atom. The average Bonchev–Trinajstić information content (AvgIpc) is 2.46. The molecule has 0 spiro atoms. The lowest BCUT2D eigenvalue weighted by Gasteiger charge is -2.20. The number of nitrogens with zero attached hydrogens (tertiary/aromatic N) is 2. The minimum atomic E-state index is 0.886. The van der Waals surface area contributed by atoms with Gasteiger partial charge in [-0.25, -0.2) is 0 Å². The number of pyridine rings is 1. The van der Waals surface area contributed by atoms with Gasteiger partial charge in [-0.15, -0.1) is 0 Å². The summed E-state index contributed by atoms with van der Waals surface area (Å²) in [4.78, 5) is 6.76. The van der Waals surface area contributed by atoms with Crippen molar-refractivity contribution in [2.45, 2.75) is 19.9 Å². The third kappa shape index (κ3) is 4.07. The molecule has 0 aliphatic carbocycles. The summed E-state index contributed by atoms with van der Waals surface area (Å²) < 4.78 is 0. The van der Waals surface area contributed by atoms with E-state index in [4.69, 9.17) is 5.73 Å². The fourth-order valence-corrected chi connectivity index (χ4v) is 2.11. The highest BCUT2D eigenvalue weighted by atomic mass is 15.1. The van der Waals surface area contributed by atoms with Gasteiger partial charge in [0.2, 0.25) is 0 Å². The molecule has 0 amide bonds. The van der Waals surface area contributed by atoms with Gasteiger partial charge in [-0.1, -0.05) is 31.2 Å². The molecule has 0 aliphatic rings. The van der Waals surface area contributed by atoms with Gasteiger partial charge in [0.1, 0.15) is 0 Å². The minimum Gasteiger partial charge on any atom is -0.399 e. The van der Waals surface area contributed by atoms with Gasteiger partial charge in [-0.3, -0.25) is 9.88 Å². The van der Waals surface area contributed by atoms with Gasteiger partial charge in [0.05, 0.1) is 5.69 Å². The number of rotatable bonds is 6. The largest absolute Gasteiger partial charge is 0.399 e. The predicted molar refractivity (Wildman–Crippen MR) is 79.7 cm³/mol. The van der Waals surface area contributed by atoms with Gasteiger partial charge in [-0.05, 0) is 36.7 Å². The molecule has 2 N–H and O–H groups in total. The fourth-order valence-electron chi connectivity index (χ4n) is 2.11. The van der Waals surface area contributed by atoms with Crippen LogP contribution in [0.1, 0.15) is 18.2 Å². The first-order valence-corrected chi connectivity index (χ1v) is 6.75. The third-order valence-corrected chi connectivity index (χ3v) is 3.31. The number of likely N-dealkylation sites (N-methyl/N-ethyl adjacent to an activating group) is 1. The van der Waals surface area contributed by atoms with Crippen molar-refractivity contribution in [3.63, 3.8) is 0 Å². The second kappa shape index (κ2) is 6.90. The first-order valence-electron chi connectivity index (χ1n) is 6.75. The van der Waals surface area contributed by atoms with E-state index < -0.39 is 0 Å². The van der Waals surface area contributed by atoms with E-state index in [-0.39, 0.29) is 0 Å². The van der Waals surface area contributed by atoms with Crippen LogP contribution in [0.4, 0.5) is 5.69 Å². The lowest BCUT2D eigenvalue weighted by atomic mass is 10.1. The molecular weight excluding hydrogens is 234 g/mol. The summed E-state index contributed by atoms with van der Waals surface area (Å²) in [6.45, 7) is 5.09. The third-order valence-electron chi connectivity index (χ3n) is 3.31. The molecule has 0 bridgehead atoms. The summed E-state index contributed by atoms with van der Waals surface area (Å²) in [7, 11) is 0. The number of nitrogens with two attached hydrogens (primary N) is 1. The van der Waals surface area contributed by atoms with E-state index in [1.165, 1.54) is 5.56 Å². The van der Waals surface area contributed by atoms with Crippen LogP contribution in [0.2, 0.25) is 0 Å². The second-order valence-electron chi connectivity index (χ2n) is 4.64. The molecule has 0 aliphatic heterocycles. The van der Waals surface area contributed by atoms with Crippen LogP contribution < -0.4 is 5.73 Å². The highest BCUT2D eigenvalue weighted by Gasteiger charge is 2.06. The monoisotopic (exact) mass is 255 g/mol. The van der Waals surface area contributed by atoms with E-state index in [1.54, 1.807) is 0 Å². The number of hydrogen-bond donors (Lipinski definition) is 1. The Kier molecular flexibility index (Phi) is 4.93. The molecule has 100 valence electrons. The molecule has 19 heavy (non-hydrogen) atoms. The van der Waals surface area contributed by atoms with Crippen LogP contribution in [-0.2, 0) is 13.0 Å². The Morgan fingerprint density at radius 1 is 1.11 bits per heavy atom. The Balaban J connectivity index is 1.91. The number of anilines is 1. The van der Waals surface area contributed by atoms with Gasteiger partial charge in [-0.2, -0.15) is 0 Å². The van der Waals surface area contributed by atoms with Crippen LogP contribution in [0.3, 0.4) is 0 Å². The molecule has 0 radical (unpaired) electrons. The maximum atomic E-state index is 5.97. The molecule has 2 rings (SSSR count). The number of benzene rings is 1. The Morgan fingerprint density at radius 2 is 1.89 bits per heavy atom. The highest BCUT2D eigenvalue weighted by molar-refractivity contribution is 5.46. The lowest BCUT2D eigenvalue weighted by Crippen LogP contribution is -2.26. The topological polar surface area (TPSA) is 42.1 Å². The molecule has 1 aromatic heterocycles. The summed E-state index contributed by atoms with van der Waals surface area (Å²) in [6, 6.07) is 14.1. The molecule has 0 atom stereocenters. The Labute approximate surface area is 115 Å². The quantitative estimate of drug-likeness (QED) is 0.807. The van der Waals surface area contributed by atoms with Crippen molar-refractivity contribution >= 4 is 5.69 Å². The number of nitrogen functional groups attached to an aromatic ring is 1. The Hall–Kier alpha value is -1.87. The first-order chi connectivity index (χ1) is 9.29. The maximum Gasteiger partial charge on any atom is 0.0543 e. The predicted octanol–water partition coefficient (Wildman–Crippen LogP) is 2.73. The van der Waals surface area contributed by atoms with Gasteiger partial charge < -0.3 is 5.73 Å². The zero-order chi connectivity index (χ0) is 13.5. The zero-order valence-corrected chi connectivity index (χ0v) is 11.4. The molecule has 1 heterocycles. The van der Waals surface area contributed by atoms with Crippen molar-refractivity contribution < 1.29 is 0 Å². The van der Waals surface area contributed by atoms with Crippen molar-refractivity contribution in [2.24, 2.45) is 0 Å². The van der Waals surface area contributed by atoms with Crippen LogP contribution >= 0.6 is 0 Å². The molecule has 1 aromatic carbocycles. The van der Waals surface area contributed by atoms with E-state index >= 15 is 0 Å². The summed E-state index contributed by atoms with van der Waals surface area (Å²) in [5.74, 6) is 0. The van der Waals surface area contributed by atoms with Crippen LogP contribution in [0.15, 0.2) is 48.7 Å². The smallest absolute Gasteiger partial charge is 0.0543 e. The maximum absolute atomic E-state index is 5.97. The molecule has 2 aromatic rings. The number of aromatic nitrogens is 1. The molecular formula is C16H21N3. The summed E-state index contributed by atoms with van der Waals surface area (Å²) in [5, 5.41) is 0. The Bertz CT molecular complexity index is 496. The van der Waals surface area contributed by atoms with E-state index in [2.05, 4.69) is 28.9 Å². The number of para-hydroxylation sites is 1. The van der Waals surface area contributed by atoms with Gasteiger partial charge >= 0.3 is 0 Å². The van der Waals surface area contributed by atoms with Crippen LogP contribution in [0.5, 0.6) is 0 Å². The highest BCUT2D eigenvalue weighted by Crippen LogP contribution is 2.12. The van der Waals surface area contributed by atoms with Crippen LogP contribution in [0.25, 0.3) is 0 Å². The van der Waals surface area contributed by atoms with Crippen LogP contribution in [0, 0.1) is 0 Å². The van der Waals surface area contributed by atoms with Crippen molar-refractivity contribution in [2.75, 3.05) is 18.8 Å². The fraction of sp³-hybridized carbons (Fsp3) is 0.312. The molecule has 3 nitrogen and oxygen atoms in total. The van der Waals surface area contributed by atoms with E-state index in [9.17, 15) is 0 Å². The van der Waals surface area contributed by atoms with Crippen molar-refractivity contribution in [1.82, 2.24) is 9.88 Å².